The van der Waals surface area contributed by atoms with Crippen molar-refractivity contribution in [3.63, 3.8) is 0 Å². The summed E-state index contributed by atoms with van der Waals surface area (Å²) in [6.07, 6.45) is -0.251. The number of aliphatic carboxylic acids is 1. The van der Waals surface area contributed by atoms with E-state index in [1.807, 2.05) is 0 Å². The van der Waals surface area contributed by atoms with Gasteiger partial charge in [0.2, 0.25) is 0 Å². The highest BCUT2D eigenvalue weighted by Gasteiger charge is 2.16. The Hall–Kier alpha value is -1.62. The number of nitro groups is 1. The van der Waals surface area contributed by atoms with Crippen LogP contribution in [0.4, 0.5) is 5.69 Å². The fourth-order valence-electron chi connectivity index (χ4n) is 1.23. The van der Waals surface area contributed by atoms with Gasteiger partial charge in [0.15, 0.2) is 0 Å². The Labute approximate surface area is 90.4 Å². The second kappa shape index (κ2) is 4.27. The van der Waals surface area contributed by atoms with E-state index in [0.717, 1.165) is 0 Å². The number of hydrogen-bond donors (Lipinski definition) is 1. The third kappa shape index (κ3) is 2.66. The molecule has 0 atom stereocenters. The maximum atomic E-state index is 10.6. The molecule has 0 aliphatic carbocycles. The van der Waals surface area contributed by atoms with Crippen molar-refractivity contribution in [1.29, 1.82) is 0 Å². The predicted octanol–water partition coefficient (Wildman–Crippen LogP) is 2.18. The SMILES string of the molecule is Cc1cc(CC(=O)O)cc([N+](=O)[O-])c1Cl. The topological polar surface area (TPSA) is 80.4 Å². The van der Waals surface area contributed by atoms with Crippen LogP contribution in [0.2, 0.25) is 5.02 Å². The van der Waals surface area contributed by atoms with Crippen molar-refractivity contribution in [2.75, 3.05) is 0 Å². The first-order valence-corrected chi connectivity index (χ1v) is 4.45. The smallest absolute Gasteiger partial charge is 0.307 e. The summed E-state index contributed by atoms with van der Waals surface area (Å²) in [5.41, 5.74) is 0.617. The number of nitrogens with zero attached hydrogens (tertiary/aromatic N) is 1. The van der Waals surface area contributed by atoms with E-state index >= 15 is 0 Å². The minimum absolute atomic E-state index is 0.0501. The van der Waals surface area contributed by atoms with Crippen LogP contribution in [0.1, 0.15) is 11.1 Å². The summed E-state index contributed by atoms with van der Waals surface area (Å²) in [5.74, 6) is -1.04. The fraction of sp³-hybridized carbons (Fsp3) is 0.222. The van der Waals surface area contributed by atoms with E-state index in [1.165, 1.54) is 12.1 Å². The molecular weight excluding hydrogens is 222 g/mol. The molecule has 0 heterocycles. The Morgan fingerprint density at radius 2 is 2.20 bits per heavy atom. The molecule has 0 spiro atoms. The number of carbonyl (C=O) groups is 1. The van der Waals surface area contributed by atoms with Crippen LogP contribution in [0, 0.1) is 17.0 Å². The van der Waals surface area contributed by atoms with Crippen LogP contribution in [0.3, 0.4) is 0 Å². The lowest BCUT2D eigenvalue weighted by Gasteiger charge is -2.03. The zero-order valence-electron chi connectivity index (χ0n) is 7.86. The summed E-state index contributed by atoms with van der Waals surface area (Å²) >= 11 is 5.71. The maximum absolute atomic E-state index is 10.6. The minimum atomic E-state index is -1.04. The van der Waals surface area contributed by atoms with Crippen molar-refractivity contribution >= 4 is 23.3 Å². The molecular formula is C9H8ClNO4. The number of hydrogen-bond acceptors (Lipinski definition) is 3. The van der Waals surface area contributed by atoms with Gasteiger partial charge in [0.05, 0.1) is 11.3 Å². The first-order chi connectivity index (χ1) is 6.91. The molecule has 0 fully saturated rings. The van der Waals surface area contributed by atoms with E-state index in [4.69, 9.17) is 16.7 Å². The largest absolute Gasteiger partial charge is 0.481 e. The lowest BCUT2D eigenvalue weighted by molar-refractivity contribution is -0.384. The zero-order valence-corrected chi connectivity index (χ0v) is 8.61. The van der Waals surface area contributed by atoms with Gasteiger partial charge in [-0.2, -0.15) is 0 Å². The van der Waals surface area contributed by atoms with Crippen LogP contribution >= 0.6 is 11.6 Å². The molecule has 0 saturated heterocycles. The second-order valence-corrected chi connectivity index (χ2v) is 3.45. The molecule has 6 heteroatoms. The first-order valence-electron chi connectivity index (χ1n) is 4.07. The highest BCUT2D eigenvalue weighted by atomic mass is 35.5. The number of rotatable bonds is 3. The van der Waals surface area contributed by atoms with Crippen molar-refractivity contribution in [2.45, 2.75) is 13.3 Å². The highest BCUT2D eigenvalue weighted by Crippen LogP contribution is 2.29. The van der Waals surface area contributed by atoms with Crippen LogP contribution < -0.4 is 0 Å². The summed E-state index contributed by atoms with van der Waals surface area (Å²) in [5, 5.41) is 19.2. The third-order valence-electron chi connectivity index (χ3n) is 1.85. The molecule has 5 nitrogen and oxygen atoms in total. The van der Waals surface area contributed by atoms with Crippen LogP contribution in [0.15, 0.2) is 12.1 Å². The molecule has 0 aliphatic heterocycles. The third-order valence-corrected chi connectivity index (χ3v) is 2.34. The van der Waals surface area contributed by atoms with E-state index in [9.17, 15) is 14.9 Å². The quantitative estimate of drug-likeness (QED) is 0.636. The fourth-order valence-corrected chi connectivity index (χ4v) is 1.41. The number of carboxylic acid groups (broad SMARTS) is 1. The Kier molecular flexibility index (Phi) is 3.26. The van der Waals surface area contributed by atoms with Crippen LogP contribution in [0.25, 0.3) is 0 Å². The van der Waals surface area contributed by atoms with Gasteiger partial charge < -0.3 is 5.11 Å². The minimum Gasteiger partial charge on any atom is -0.481 e. The Morgan fingerprint density at radius 1 is 1.60 bits per heavy atom. The van der Waals surface area contributed by atoms with Crippen molar-refractivity contribution in [2.24, 2.45) is 0 Å². The average Bonchev–Trinajstić information content (AvgIpc) is 2.09. The first kappa shape index (κ1) is 11.5. The number of nitro benzene ring substituents is 1. The lowest BCUT2D eigenvalue weighted by atomic mass is 10.1. The van der Waals surface area contributed by atoms with Gasteiger partial charge >= 0.3 is 5.97 Å². The molecule has 0 saturated carbocycles. The molecule has 80 valence electrons. The van der Waals surface area contributed by atoms with Gasteiger partial charge in [0.1, 0.15) is 5.02 Å². The molecule has 0 aromatic heterocycles. The van der Waals surface area contributed by atoms with Gasteiger partial charge in [-0.3, -0.25) is 14.9 Å². The van der Waals surface area contributed by atoms with Crippen LogP contribution in [-0.2, 0) is 11.2 Å². The van der Waals surface area contributed by atoms with Crippen molar-refractivity contribution < 1.29 is 14.8 Å². The maximum Gasteiger partial charge on any atom is 0.307 e. The van der Waals surface area contributed by atoms with Gasteiger partial charge in [0, 0.05) is 6.07 Å². The van der Waals surface area contributed by atoms with Crippen molar-refractivity contribution in [3.8, 4) is 0 Å². The van der Waals surface area contributed by atoms with Gasteiger partial charge in [-0.05, 0) is 18.1 Å². The molecule has 1 aromatic rings. The Morgan fingerprint density at radius 3 is 2.67 bits per heavy atom. The molecule has 0 unspecified atom stereocenters. The molecule has 0 radical (unpaired) electrons. The van der Waals surface area contributed by atoms with Crippen LogP contribution in [-0.4, -0.2) is 16.0 Å². The van der Waals surface area contributed by atoms with E-state index in [0.29, 0.717) is 11.1 Å². The Bertz CT molecular complexity index is 430. The molecule has 15 heavy (non-hydrogen) atoms. The summed E-state index contributed by atoms with van der Waals surface area (Å²) in [4.78, 5) is 20.4. The van der Waals surface area contributed by atoms with Crippen LogP contribution in [0.5, 0.6) is 0 Å². The normalized spacial score (nSPS) is 10.0. The standard InChI is InChI=1S/C9H8ClNO4/c1-5-2-6(4-8(12)13)3-7(9(5)10)11(14)15/h2-3H,4H2,1H3,(H,12,13). The molecule has 1 rings (SSSR count). The van der Waals surface area contributed by atoms with E-state index in [2.05, 4.69) is 0 Å². The van der Waals surface area contributed by atoms with Crippen molar-refractivity contribution in [1.82, 2.24) is 0 Å². The van der Waals surface area contributed by atoms with E-state index < -0.39 is 10.9 Å². The monoisotopic (exact) mass is 229 g/mol. The van der Waals surface area contributed by atoms with Gasteiger partial charge in [-0.1, -0.05) is 17.7 Å². The molecule has 1 N–H and O–H groups in total. The Balaban J connectivity index is 3.23. The molecule has 0 amide bonds. The summed E-state index contributed by atoms with van der Waals surface area (Å²) in [7, 11) is 0. The van der Waals surface area contributed by atoms with E-state index in [-0.39, 0.29) is 17.1 Å². The molecule has 0 bridgehead atoms. The predicted molar refractivity (Wildman–Crippen MR) is 54.2 cm³/mol. The van der Waals surface area contributed by atoms with E-state index in [1.54, 1.807) is 6.92 Å². The summed E-state index contributed by atoms with van der Waals surface area (Å²) in [6.45, 7) is 1.60. The number of halogens is 1. The highest BCUT2D eigenvalue weighted by molar-refractivity contribution is 6.33. The molecule has 0 aliphatic rings. The number of aryl methyl sites for hydroxylation is 1. The zero-order chi connectivity index (χ0) is 11.6. The number of carboxylic acids is 1. The lowest BCUT2D eigenvalue weighted by Crippen LogP contribution is -2.02. The summed E-state index contributed by atoms with van der Waals surface area (Å²) in [6, 6.07) is 2.72. The van der Waals surface area contributed by atoms with Gasteiger partial charge in [0.25, 0.3) is 5.69 Å². The van der Waals surface area contributed by atoms with Gasteiger partial charge in [-0.15, -0.1) is 0 Å². The number of benzene rings is 1. The average molecular weight is 230 g/mol. The van der Waals surface area contributed by atoms with Gasteiger partial charge in [-0.25, -0.2) is 0 Å². The van der Waals surface area contributed by atoms with Crippen molar-refractivity contribution in [3.05, 3.63) is 38.4 Å². The summed E-state index contributed by atoms with van der Waals surface area (Å²) < 4.78 is 0. The molecule has 1 aromatic carbocycles. The second-order valence-electron chi connectivity index (χ2n) is 3.07.